The zero-order chi connectivity index (χ0) is 8.93. The Morgan fingerprint density at radius 2 is 0.929 bits per heavy atom. The van der Waals surface area contributed by atoms with Crippen LogP contribution < -0.4 is 10.6 Å². The van der Waals surface area contributed by atoms with E-state index in [1.807, 2.05) is 0 Å². The van der Waals surface area contributed by atoms with Gasteiger partial charge in [-0.2, -0.15) is 0 Å². The molecule has 0 N–H and O–H groups in total. The Morgan fingerprint density at radius 3 is 1.29 bits per heavy atom. The van der Waals surface area contributed by atoms with E-state index >= 15 is 0 Å². The molecule has 0 aliphatic carbocycles. The number of rotatable bonds is 2. The first-order chi connectivity index (χ1) is 6.45. The summed E-state index contributed by atoms with van der Waals surface area (Å²) in [5.74, 6) is 0. The van der Waals surface area contributed by atoms with Crippen molar-refractivity contribution in [1.29, 1.82) is 0 Å². The van der Waals surface area contributed by atoms with E-state index in [1.165, 1.54) is 10.6 Å². The molecule has 0 atom stereocenters. The molecule has 0 saturated heterocycles. The van der Waals surface area contributed by atoms with E-state index in [0.717, 1.165) is 8.58 Å². The first kappa shape index (κ1) is 12.2. The number of benzene rings is 2. The summed E-state index contributed by atoms with van der Waals surface area (Å²) in [6.07, 6.45) is 0. The summed E-state index contributed by atoms with van der Waals surface area (Å²) in [5.41, 5.74) is 0. The summed E-state index contributed by atoms with van der Waals surface area (Å²) >= 11 is 0. The molecule has 0 aromatic heterocycles. The molecule has 71 valence electrons. The molecule has 2 aromatic rings. The average Bonchev–Trinajstić information content (AvgIpc) is 2.21. The second-order valence-corrected chi connectivity index (χ2v) is 4.26. The maximum absolute atomic E-state index is 2.17. The Hall–Kier alpha value is 0.143. The van der Waals surface area contributed by atoms with Crippen LogP contribution in [0.3, 0.4) is 0 Å². The fraction of sp³-hybridized carbons (Fsp3) is 0. The molecule has 0 heterocycles. The van der Waals surface area contributed by atoms with Crippen LogP contribution >= 0.6 is 8.58 Å². The third-order valence-corrected chi connectivity index (χ3v) is 3.08. The number of hydrogen-bond donors (Lipinski definition) is 0. The molecular formula is C12H11DyP+3. The van der Waals surface area contributed by atoms with Gasteiger partial charge < -0.3 is 0 Å². The van der Waals surface area contributed by atoms with Gasteiger partial charge in [-0.3, -0.25) is 0 Å². The molecule has 0 amide bonds. The summed E-state index contributed by atoms with van der Waals surface area (Å²) in [6.45, 7) is 0. The van der Waals surface area contributed by atoms with Crippen molar-refractivity contribution in [2.45, 2.75) is 0 Å². The molecule has 2 rings (SSSR count). The second kappa shape index (κ2) is 6.59. The van der Waals surface area contributed by atoms with Crippen LogP contribution in [0.4, 0.5) is 0 Å². The Balaban J connectivity index is 0.000000980. The van der Waals surface area contributed by atoms with Crippen molar-refractivity contribution in [2.75, 3.05) is 0 Å². The van der Waals surface area contributed by atoms with Gasteiger partial charge in [0, 0.05) is 0 Å². The van der Waals surface area contributed by atoms with Crippen molar-refractivity contribution in [3.05, 3.63) is 60.7 Å². The molecule has 2 heteroatoms. The quantitative estimate of drug-likeness (QED) is 0.731. The minimum Gasteiger partial charge on any atom is -0.0622 e. The van der Waals surface area contributed by atoms with Gasteiger partial charge in [-0.15, -0.1) is 0 Å². The van der Waals surface area contributed by atoms with Crippen molar-refractivity contribution >= 4 is 19.2 Å². The summed E-state index contributed by atoms with van der Waals surface area (Å²) in [5, 5.41) is 2.79. The average molecular weight is 349 g/mol. The molecule has 0 bridgehead atoms. The normalized spacial score (nSPS) is 9.14. The maximum Gasteiger partial charge on any atom is 3.00 e. The first-order valence-electron chi connectivity index (χ1n) is 4.32. The molecular weight excluding hydrogens is 338 g/mol. The fourth-order valence-electron chi connectivity index (χ4n) is 1.21. The standard InChI is InChI=1S/C12H11P.Dy/c1-3-7-11(8-4-1)13-12-9-5-2-6-10-12;/h1-10,13H;/q;+3. The molecule has 0 aliphatic heterocycles. The van der Waals surface area contributed by atoms with Crippen molar-refractivity contribution in [3.63, 3.8) is 0 Å². The number of hydrogen-bond acceptors (Lipinski definition) is 0. The van der Waals surface area contributed by atoms with Crippen LogP contribution in [0.2, 0.25) is 0 Å². The van der Waals surface area contributed by atoms with E-state index in [-0.39, 0.29) is 38.2 Å². The zero-order valence-corrected chi connectivity index (χ0v) is 10.6. The molecule has 0 unspecified atom stereocenters. The SMILES string of the molecule is [Dy+3].c1ccc(Pc2ccccc2)cc1. The molecule has 0 aliphatic rings. The van der Waals surface area contributed by atoms with Gasteiger partial charge in [-0.25, -0.2) is 0 Å². The fourth-order valence-corrected chi connectivity index (χ4v) is 2.26. The van der Waals surface area contributed by atoms with Crippen molar-refractivity contribution in [1.82, 2.24) is 0 Å². The van der Waals surface area contributed by atoms with Gasteiger partial charge in [0.2, 0.25) is 0 Å². The summed E-state index contributed by atoms with van der Waals surface area (Å²) in [6, 6.07) is 21.2. The predicted molar refractivity (Wildman–Crippen MR) is 60.5 cm³/mol. The minimum atomic E-state index is 0. The van der Waals surface area contributed by atoms with E-state index in [4.69, 9.17) is 0 Å². The van der Waals surface area contributed by atoms with Crippen molar-refractivity contribution in [3.8, 4) is 0 Å². The van der Waals surface area contributed by atoms with E-state index in [2.05, 4.69) is 60.7 Å². The second-order valence-electron chi connectivity index (χ2n) is 2.86. The zero-order valence-electron chi connectivity index (χ0n) is 7.59. The van der Waals surface area contributed by atoms with Gasteiger partial charge in [-0.05, 0) is 10.6 Å². The molecule has 1 radical (unpaired) electrons. The summed E-state index contributed by atoms with van der Waals surface area (Å²) in [7, 11) is 0.777. The van der Waals surface area contributed by atoms with Crippen LogP contribution in [0.5, 0.6) is 0 Å². The van der Waals surface area contributed by atoms with E-state index in [0.29, 0.717) is 0 Å². The van der Waals surface area contributed by atoms with Crippen molar-refractivity contribution < 1.29 is 38.2 Å². The van der Waals surface area contributed by atoms with Gasteiger partial charge in [0.1, 0.15) is 0 Å². The first-order valence-corrected chi connectivity index (χ1v) is 5.32. The van der Waals surface area contributed by atoms with Gasteiger partial charge in [0.05, 0.1) is 0 Å². The Labute approximate surface area is 117 Å². The molecule has 0 fully saturated rings. The monoisotopic (exact) mass is 350 g/mol. The van der Waals surface area contributed by atoms with Crippen LogP contribution in [0.1, 0.15) is 0 Å². The van der Waals surface area contributed by atoms with Crippen LogP contribution in [0.15, 0.2) is 60.7 Å². The van der Waals surface area contributed by atoms with Crippen LogP contribution in [0, 0.1) is 38.2 Å². The minimum absolute atomic E-state index is 0. The molecule has 2 aromatic carbocycles. The van der Waals surface area contributed by atoms with Gasteiger partial charge in [-0.1, -0.05) is 69.2 Å². The Kier molecular flexibility index (Phi) is 5.75. The van der Waals surface area contributed by atoms with Crippen LogP contribution in [-0.4, -0.2) is 0 Å². The van der Waals surface area contributed by atoms with E-state index in [1.54, 1.807) is 0 Å². The predicted octanol–water partition coefficient (Wildman–Crippen LogP) is 2.32. The third kappa shape index (κ3) is 3.72. The van der Waals surface area contributed by atoms with Crippen molar-refractivity contribution in [2.24, 2.45) is 0 Å². The maximum atomic E-state index is 2.17. The van der Waals surface area contributed by atoms with Gasteiger partial charge in [0.25, 0.3) is 0 Å². The van der Waals surface area contributed by atoms with Gasteiger partial charge >= 0.3 is 38.2 Å². The van der Waals surface area contributed by atoms with Crippen LogP contribution in [0.25, 0.3) is 0 Å². The topological polar surface area (TPSA) is 0 Å². The summed E-state index contributed by atoms with van der Waals surface area (Å²) in [4.78, 5) is 0. The van der Waals surface area contributed by atoms with E-state index in [9.17, 15) is 0 Å². The molecule has 0 nitrogen and oxygen atoms in total. The smallest absolute Gasteiger partial charge is 0.0622 e. The van der Waals surface area contributed by atoms with E-state index < -0.39 is 0 Å². The Bertz CT molecular complexity index is 321. The van der Waals surface area contributed by atoms with Crippen LogP contribution in [-0.2, 0) is 0 Å². The molecule has 14 heavy (non-hydrogen) atoms. The summed E-state index contributed by atoms with van der Waals surface area (Å²) < 4.78 is 0. The third-order valence-electron chi connectivity index (χ3n) is 1.84. The Morgan fingerprint density at radius 1 is 0.571 bits per heavy atom. The van der Waals surface area contributed by atoms with Gasteiger partial charge in [0.15, 0.2) is 0 Å². The largest absolute Gasteiger partial charge is 3.00 e. The molecule has 0 saturated carbocycles. The molecule has 0 spiro atoms.